The third-order valence-electron chi connectivity index (χ3n) is 4.17. The lowest BCUT2D eigenvalue weighted by molar-refractivity contribution is 0.373. The number of unbranched alkanes of at least 4 members (excludes halogenated alkanes) is 1. The first kappa shape index (κ1) is 16.8. The molecule has 0 atom stereocenters. The van der Waals surface area contributed by atoms with E-state index in [1.54, 1.807) is 24.9 Å². The molecule has 2 aromatic carbocycles. The summed E-state index contributed by atoms with van der Waals surface area (Å²) < 4.78 is 11.3. The first-order valence-corrected chi connectivity index (χ1v) is 9.37. The molecule has 0 unspecified atom stereocenters. The monoisotopic (exact) mass is 342 g/mol. The number of hydrogen-bond donors (Lipinski definition) is 1. The van der Waals surface area contributed by atoms with Gasteiger partial charge in [-0.25, -0.2) is 0 Å². The molecule has 1 heterocycles. The highest BCUT2D eigenvalue weighted by molar-refractivity contribution is 7.99. The van der Waals surface area contributed by atoms with Crippen molar-refractivity contribution in [2.45, 2.75) is 31.1 Å². The van der Waals surface area contributed by atoms with Crippen LogP contribution in [0.15, 0.2) is 45.7 Å². The topological polar surface area (TPSA) is 42.6 Å². The van der Waals surface area contributed by atoms with Crippen molar-refractivity contribution in [1.29, 1.82) is 0 Å². The fourth-order valence-electron chi connectivity index (χ4n) is 2.87. The Labute approximate surface area is 146 Å². The van der Waals surface area contributed by atoms with E-state index >= 15 is 0 Å². The van der Waals surface area contributed by atoms with Gasteiger partial charge in [0.05, 0.1) is 12.0 Å². The van der Waals surface area contributed by atoms with Crippen LogP contribution in [0.25, 0.3) is 22.3 Å². The SMILES string of the molecule is CCCCc1ccc2oc(-c3ccc(O)c(OC)c3)c(SC)c2c1. The van der Waals surface area contributed by atoms with Crippen molar-refractivity contribution in [3.8, 4) is 22.8 Å². The molecule has 126 valence electrons. The second-order valence-electron chi connectivity index (χ2n) is 5.79. The van der Waals surface area contributed by atoms with Crippen LogP contribution in [0.3, 0.4) is 0 Å². The van der Waals surface area contributed by atoms with E-state index < -0.39 is 0 Å². The van der Waals surface area contributed by atoms with Crippen molar-refractivity contribution < 1.29 is 14.3 Å². The predicted molar refractivity (Wildman–Crippen MR) is 100 cm³/mol. The Morgan fingerprint density at radius 1 is 1.17 bits per heavy atom. The van der Waals surface area contributed by atoms with Crippen LogP contribution >= 0.6 is 11.8 Å². The number of methoxy groups -OCH3 is 1. The van der Waals surface area contributed by atoms with E-state index in [1.807, 2.05) is 12.1 Å². The highest BCUT2D eigenvalue weighted by atomic mass is 32.2. The molecule has 0 saturated heterocycles. The Balaban J connectivity index is 2.11. The molecule has 3 nitrogen and oxygen atoms in total. The number of rotatable bonds is 6. The minimum atomic E-state index is 0.130. The van der Waals surface area contributed by atoms with Crippen LogP contribution in [0, 0.1) is 0 Å². The Morgan fingerprint density at radius 2 is 2.00 bits per heavy atom. The van der Waals surface area contributed by atoms with Gasteiger partial charge in [0.15, 0.2) is 11.5 Å². The molecule has 0 aliphatic carbocycles. The standard InChI is InChI=1S/C20H22O3S/c1-4-5-6-13-7-10-17-15(11-13)20(24-3)19(23-17)14-8-9-16(21)18(12-14)22-2/h7-12,21H,4-6H2,1-3H3. The molecule has 4 heteroatoms. The molecule has 0 amide bonds. The van der Waals surface area contributed by atoms with Crippen LogP contribution in [0.5, 0.6) is 11.5 Å². The number of furan rings is 1. The summed E-state index contributed by atoms with van der Waals surface area (Å²) in [4.78, 5) is 1.12. The molecule has 24 heavy (non-hydrogen) atoms. The summed E-state index contributed by atoms with van der Waals surface area (Å²) in [6, 6.07) is 11.7. The average Bonchev–Trinajstić information content (AvgIpc) is 2.98. The van der Waals surface area contributed by atoms with E-state index in [0.29, 0.717) is 5.75 Å². The number of hydrogen-bond acceptors (Lipinski definition) is 4. The van der Waals surface area contributed by atoms with Crippen molar-refractivity contribution in [1.82, 2.24) is 0 Å². The van der Waals surface area contributed by atoms with Crippen LogP contribution in [0.2, 0.25) is 0 Å². The van der Waals surface area contributed by atoms with Crippen molar-refractivity contribution in [2.24, 2.45) is 0 Å². The summed E-state index contributed by atoms with van der Waals surface area (Å²) in [5.74, 6) is 1.40. The van der Waals surface area contributed by atoms with E-state index in [2.05, 4.69) is 31.4 Å². The van der Waals surface area contributed by atoms with Gasteiger partial charge in [0.1, 0.15) is 11.3 Å². The van der Waals surface area contributed by atoms with E-state index in [-0.39, 0.29) is 5.75 Å². The summed E-state index contributed by atoms with van der Waals surface area (Å²) in [6.45, 7) is 2.21. The molecular weight excluding hydrogens is 320 g/mol. The number of ether oxygens (including phenoxy) is 1. The van der Waals surface area contributed by atoms with Crippen LogP contribution in [-0.2, 0) is 6.42 Å². The summed E-state index contributed by atoms with van der Waals surface area (Å²) in [5, 5.41) is 11.0. The highest BCUT2D eigenvalue weighted by Gasteiger charge is 2.17. The molecule has 3 aromatic rings. The van der Waals surface area contributed by atoms with Crippen LogP contribution in [0.1, 0.15) is 25.3 Å². The van der Waals surface area contributed by atoms with Gasteiger partial charge in [-0.15, -0.1) is 11.8 Å². The van der Waals surface area contributed by atoms with E-state index in [9.17, 15) is 5.11 Å². The predicted octanol–water partition coefficient (Wildman–Crippen LogP) is 5.88. The molecule has 0 fully saturated rings. The highest BCUT2D eigenvalue weighted by Crippen LogP contribution is 2.41. The number of aromatic hydroxyl groups is 1. The molecule has 1 N–H and O–H groups in total. The van der Waals surface area contributed by atoms with E-state index in [0.717, 1.165) is 33.6 Å². The quantitative estimate of drug-likeness (QED) is 0.568. The summed E-state index contributed by atoms with van der Waals surface area (Å²) in [7, 11) is 1.55. The summed E-state index contributed by atoms with van der Waals surface area (Å²) >= 11 is 1.68. The number of aryl methyl sites for hydroxylation is 1. The molecule has 1 aromatic heterocycles. The second-order valence-corrected chi connectivity index (χ2v) is 6.60. The van der Waals surface area contributed by atoms with Crippen LogP contribution < -0.4 is 4.74 Å². The number of thioether (sulfide) groups is 1. The lowest BCUT2D eigenvalue weighted by Crippen LogP contribution is -1.85. The van der Waals surface area contributed by atoms with Crippen molar-refractivity contribution in [3.05, 3.63) is 42.0 Å². The lowest BCUT2D eigenvalue weighted by atomic mass is 10.1. The minimum Gasteiger partial charge on any atom is -0.504 e. The molecule has 0 spiro atoms. The minimum absolute atomic E-state index is 0.130. The molecule has 0 saturated carbocycles. The van der Waals surface area contributed by atoms with Gasteiger partial charge < -0.3 is 14.3 Å². The Morgan fingerprint density at radius 3 is 2.71 bits per heavy atom. The second kappa shape index (κ2) is 7.22. The van der Waals surface area contributed by atoms with Gasteiger partial charge in [0, 0.05) is 10.9 Å². The van der Waals surface area contributed by atoms with Crippen LogP contribution in [-0.4, -0.2) is 18.5 Å². The maximum atomic E-state index is 9.81. The first-order chi connectivity index (χ1) is 11.7. The third kappa shape index (κ3) is 3.11. The normalized spacial score (nSPS) is 11.1. The number of benzene rings is 2. The largest absolute Gasteiger partial charge is 0.504 e. The van der Waals surface area contributed by atoms with Crippen molar-refractivity contribution >= 4 is 22.7 Å². The van der Waals surface area contributed by atoms with E-state index in [4.69, 9.17) is 9.15 Å². The van der Waals surface area contributed by atoms with E-state index in [1.165, 1.54) is 18.4 Å². The molecule has 3 rings (SSSR count). The first-order valence-electron chi connectivity index (χ1n) is 8.14. The van der Waals surface area contributed by atoms with Crippen molar-refractivity contribution in [2.75, 3.05) is 13.4 Å². The van der Waals surface area contributed by atoms with Crippen molar-refractivity contribution in [3.63, 3.8) is 0 Å². The maximum absolute atomic E-state index is 9.81. The number of phenols is 1. The molecular formula is C20H22O3S. The third-order valence-corrected chi connectivity index (χ3v) is 4.99. The van der Waals surface area contributed by atoms with Gasteiger partial charge in [-0.2, -0.15) is 0 Å². The average molecular weight is 342 g/mol. The maximum Gasteiger partial charge on any atom is 0.161 e. The molecule has 0 bridgehead atoms. The summed E-state index contributed by atoms with van der Waals surface area (Å²) in [6.07, 6.45) is 5.54. The Bertz CT molecular complexity index is 851. The fraction of sp³-hybridized carbons (Fsp3) is 0.300. The summed E-state index contributed by atoms with van der Waals surface area (Å²) in [5.41, 5.74) is 3.14. The number of fused-ring (bicyclic) bond motifs is 1. The lowest BCUT2D eigenvalue weighted by Gasteiger charge is -2.06. The number of phenolic OH excluding ortho intramolecular Hbond substituents is 1. The van der Waals surface area contributed by atoms with Gasteiger partial charge in [-0.3, -0.25) is 0 Å². The van der Waals surface area contributed by atoms with Gasteiger partial charge in [-0.1, -0.05) is 19.4 Å². The fourth-order valence-corrected chi connectivity index (χ4v) is 3.59. The zero-order valence-corrected chi connectivity index (χ0v) is 15.1. The zero-order chi connectivity index (χ0) is 17.1. The molecule has 0 aliphatic rings. The van der Waals surface area contributed by atoms with Gasteiger partial charge >= 0.3 is 0 Å². The molecule has 0 radical (unpaired) electrons. The van der Waals surface area contributed by atoms with Gasteiger partial charge in [0.2, 0.25) is 0 Å². The zero-order valence-electron chi connectivity index (χ0n) is 14.3. The Kier molecular flexibility index (Phi) is 5.05. The van der Waals surface area contributed by atoms with Gasteiger partial charge in [0.25, 0.3) is 0 Å². The van der Waals surface area contributed by atoms with Crippen LogP contribution in [0.4, 0.5) is 0 Å². The van der Waals surface area contributed by atoms with Gasteiger partial charge in [-0.05, 0) is 55.0 Å². The smallest absolute Gasteiger partial charge is 0.161 e. The Hall–Kier alpha value is -2.07. The molecule has 0 aliphatic heterocycles.